The molecular formula is C25H23N3O6. The molecule has 1 aliphatic heterocycles. The monoisotopic (exact) mass is 461 g/mol. The van der Waals surface area contributed by atoms with Gasteiger partial charge in [-0.05, 0) is 61.4 Å². The van der Waals surface area contributed by atoms with Crippen molar-refractivity contribution < 1.29 is 28.7 Å². The van der Waals surface area contributed by atoms with Gasteiger partial charge in [-0.25, -0.2) is 4.79 Å². The molecule has 3 aliphatic rings. The number of hydrazine groups is 1. The Morgan fingerprint density at radius 3 is 2.18 bits per heavy atom. The van der Waals surface area contributed by atoms with Crippen LogP contribution in [-0.4, -0.2) is 36.2 Å². The number of ether oxygens (including phenoxy) is 1. The van der Waals surface area contributed by atoms with Crippen LogP contribution < -0.4 is 15.8 Å². The van der Waals surface area contributed by atoms with Gasteiger partial charge >= 0.3 is 5.97 Å². The Hall–Kier alpha value is -4.01. The third kappa shape index (κ3) is 3.83. The molecule has 2 aliphatic carbocycles. The summed E-state index contributed by atoms with van der Waals surface area (Å²) in [5, 5.41) is 0. The number of fused-ring (bicyclic) bond motifs is 5. The maximum absolute atomic E-state index is 13.0. The van der Waals surface area contributed by atoms with Gasteiger partial charge in [0.2, 0.25) is 11.8 Å². The van der Waals surface area contributed by atoms with E-state index in [0.29, 0.717) is 11.3 Å². The third-order valence-electron chi connectivity index (χ3n) is 6.95. The Morgan fingerprint density at radius 2 is 1.50 bits per heavy atom. The smallest absolute Gasteiger partial charge is 0.338 e. The second-order valence-electron chi connectivity index (χ2n) is 8.89. The van der Waals surface area contributed by atoms with E-state index in [2.05, 4.69) is 10.9 Å². The number of esters is 1. The highest BCUT2D eigenvalue weighted by Crippen LogP contribution is 2.56. The first-order chi connectivity index (χ1) is 16.4. The third-order valence-corrected chi connectivity index (χ3v) is 6.95. The van der Waals surface area contributed by atoms with Crippen molar-refractivity contribution in [1.29, 1.82) is 0 Å². The number of nitrogens with one attached hydrogen (secondary N) is 2. The molecule has 5 rings (SSSR count). The zero-order valence-corrected chi connectivity index (χ0v) is 18.2. The molecule has 0 spiro atoms. The van der Waals surface area contributed by atoms with Crippen molar-refractivity contribution in [3.63, 3.8) is 0 Å². The number of rotatable bonds is 5. The van der Waals surface area contributed by atoms with E-state index in [0.717, 1.165) is 19.3 Å². The van der Waals surface area contributed by atoms with E-state index in [9.17, 15) is 24.0 Å². The number of amides is 4. The molecule has 1 saturated heterocycles. The van der Waals surface area contributed by atoms with Crippen molar-refractivity contribution in [3.05, 3.63) is 65.7 Å². The van der Waals surface area contributed by atoms with Crippen LogP contribution in [0.15, 0.2) is 54.6 Å². The minimum absolute atomic E-state index is 0.110. The van der Waals surface area contributed by atoms with Gasteiger partial charge in [-0.3, -0.25) is 34.9 Å². The van der Waals surface area contributed by atoms with Crippen LogP contribution in [0.3, 0.4) is 0 Å². The summed E-state index contributed by atoms with van der Waals surface area (Å²) in [6, 6.07) is 14.4. The van der Waals surface area contributed by atoms with Crippen LogP contribution >= 0.6 is 0 Å². The number of carbonyl (C=O) groups is 5. The van der Waals surface area contributed by atoms with Crippen molar-refractivity contribution >= 4 is 35.3 Å². The summed E-state index contributed by atoms with van der Waals surface area (Å²) in [7, 11) is 0. The van der Waals surface area contributed by atoms with Gasteiger partial charge in [-0.1, -0.05) is 24.3 Å². The first kappa shape index (κ1) is 21.8. The summed E-state index contributed by atoms with van der Waals surface area (Å²) in [6.07, 6.45) is 2.92. The van der Waals surface area contributed by atoms with E-state index >= 15 is 0 Å². The quantitative estimate of drug-likeness (QED) is 0.398. The molecule has 4 atom stereocenters. The van der Waals surface area contributed by atoms with Gasteiger partial charge in [-0.2, -0.15) is 0 Å². The summed E-state index contributed by atoms with van der Waals surface area (Å²) < 4.78 is 5.03. The number of anilines is 1. The van der Waals surface area contributed by atoms with Crippen molar-refractivity contribution in [2.45, 2.75) is 19.3 Å². The predicted molar refractivity (Wildman–Crippen MR) is 119 cm³/mol. The van der Waals surface area contributed by atoms with Crippen molar-refractivity contribution in [2.24, 2.45) is 23.7 Å². The molecule has 2 aromatic rings. The highest BCUT2D eigenvalue weighted by atomic mass is 16.5. The van der Waals surface area contributed by atoms with E-state index in [1.807, 2.05) is 0 Å². The van der Waals surface area contributed by atoms with E-state index < -0.39 is 24.4 Å². The van der Waals surface area contributed by atoms with E-state index in [-0.39, 0.29) is 41.0 Å². The largest absolute Gasteiger partial charge is 0.452 e. The lowest BCUT2D eigenvalue weighted by atomic mass is 9.81. The topological polar surface area (TPSA) is 122 Å². The normalized spacial score (nSPS) is 24.6. The van der Waals surface area contributed by atoms with Crippen molar-refractivity contribution in [1.82, 2.24) is 10.9 Å². The number of imide groups is 1. The highest BCUT2D eigenvalue weighted by Gasteiger charge is 2.61. The van der Waals surface area contributed by atoms with Crippen LogP contribution in [-0.2, 0) is 19.1 Å². The summed E-state index contributed by atoms with van der Waals surface area (Å²) in [5.41, 5.74) is 5.22. The fourth-order valence-corrected chi connectivity index (χ4v) is 5.47. The standard InChI is InChI=1S/C25H23N3O6/c29-19(26-27-22(30)14-5-2-1-3-6-14)13-34-25(33)17-7-4-8-18(12-17)28-23(31)20-15-9-10-16(11-15)21(20)24(28)32/h1-8,12,15-16,20-21H,9-11,13H2,(H,26,29)(H,27,30)/t15-,16-,20-,21+/m0/s1. The molecule has 0 radical (unpaired) electrons. The second-order valence-corrected chi connectivity index (χ2v) is 8.89. The van der Waals surface area contributed by atoms with Crippen LogP contribution in [0, 0.1) is 23.7 Å². The Bertz CT molecular complexity index is 1150. The fraction of sp³-hybridized carbons (Fsp3) is 0.320. The molecule has 1 heterocycles. The maximum atomic E-state index is 13.0. The highest BCUT2D eigenvalue weighted by molar-refractivity contribution is 6.22. The SMILES string of the molecule is O=C(COC(=O)c1cccc(N2C(=O)[C@@H]3[C@H]4CC[C@@H](C4)[C@@H]3C2=O)c1)NNC(=O)c1ccccc1. The zero-order chi connectivity index (χ0) is 23.8. The van der Waals surface area contributed by atoms with Crippen LogP contribution in [0.2, 0.25) is 0 Å². The van der Waals surface area contributed by atoms with Crippen LogP contribution in [0.25, 0.3) is 0 Å². The lowest BCUT2D eigenvalue weighted by Gasteiger charge is -2.19. The number of carbonyl (C=O) groups excluding carboxylic acids is 5. The minimum Gasteiger partial charge on any atom is -0.452 e. The van der Waals surface area contributed by atoms with Gasteiger partial charge in [0.25, 0.3) is 11.8 Å². The molecule has 3 fully saturated rings. The van der Waals surface area contributed by atoms with Crippen LogP contribution in [0.1, 0.15) is 40.0 Å². The molecule has 9 nitrogen and oxygen atoms in total. The van der Waals surface area contributed by atoms with Gasteiger partial charge in [0, 0.05) is 5.56 Å². The molecule has 2 bridgehead atoms. The summed E-state index contributed by atoms with van der Waals surface area (Å²) in [5.74, 6) is -2.37. The second kappa shape index (κ2) is 8.74. The minimum atomic E-state index is -0.786. The molecule has 34 heavy (non-hydrogen) atoms. The van der Waals surface area contributed by atoms with Gasteiger partial charge < -0.3 is 4.74 Å². The van der Waals surface area contributed by atoms with Gasteiger partial charge in [0.1, 0.15) is 0 Å². The fourth-order valence-electron chi connectivity index (χ4n) is 5.47. The van der Waals surface area contributed by atoms with E-state index in [4.69, 9.17) is 4.74 Å². The van der Waals surface area contributed by atoms with E-state index in [1.165, 1.54) is 17.0 Å². The molecular weight excluding hydrogens is 438 g/mol. The van der Waals surface area contributed by atoms with Crippen molar-refractivity contribution in [3.8, 4) is 0 Å². The Kier molecular flexibility index (Phi) is 5.61. The molecule has 9 heteroatoms. The maximum Gasteiger partial charge on any atom is 0.338 e. The van der Waals surface area contributed by atoms with Crippen LogP contribution in [0.5, 0.6) is 0 Å². The lowest BCUT2D eigenvalue weighted by molar-refractivity contribution is -0.125. The van der Waals surface area contributed by atoms with E-state index in [1.54, 1.807) is 42.5 Å². The predicted octanol–water partition coefficient (Wildman–Crippen LogP) is 1.84. The molecule has 2 N–H and O–H groups in total. The molecule has 0 aromatic heterocycles. The number of hydrogen-bond donors (Lipinski definition) is 2. The number of nitrogens with zero attached hydrogens (tertiary/aromatic N) is 1. The lowest BCUT2D eigenvalue weighted by Crippen LogP contribution is -2.43. The molecule has 2 saturated carbocycles. The first-order valence-electron chi connectivity index (χ1n) is 11.2. The number of benzene rings is 2. The molecule has 174 valence electrons. The Balaban J connectivity index is 1.18. The first-order valence-corrected chi connectivity index (χ1v) is 11.2. The van der Waals surface area contributed by atoms with Crippen molar-refractivity contribution in [2.75, 3.05) is 11.5 Å². The molecule has 0 unspecified atom stereocenters. The van der Waals surface area contributed by atoms with Crippen LogP contribution in [0.4, 0.5) is 5.69 Å². The summed E-state index contributed by atoms with van der Waals surface area (Å²) in [4.78, 5) is 63.6. The number of hydrogen-bond acceptors (Lipinski definition) is 6. The molecule has 4 amide bonds. The Labute approximate surface area is 195 Å². The van der Waals surface area contributed by atoms with Gasteiger partial charge in [-0.15, -0.1) is 0 Å². The van der Waals surface area contributed by atoms with Gasteiger partial charge in [0.15, 0.2) is 6.61 Å². The average molecular weight is 461 g/mol. The zero-order valence-electron chi connectivity index (χ0n) is 18.2. The Morgan fingerprint density at radius 1 is 0.853 bits per heavy atom. The van der Waals surface area contributed by atoms with Gasteiger partial charge in [0.05, 0.1) is 23.1 Å². The summed E-state index contributed by atoms with van der Waals surface area (Å²) >= 11 is 0. The average Bonchev–Trinajstić information content (AvgIpc) is 3.55. The molecule has 2 aromatic carbocycles. The summed E-state index contributed by atoms with van der Waals surface area (Å²) in [6.45, 7) is -0.618.